The highest BCUT2D eigenvalue weighted by molar-refractivity contribution is 7.12. The van der Waals surface area contributed by atoms with Crippen molar-refractivity contribution in [1.29, 1.82) is 5.26 Å². The Labute approximate surface area is 190 Å². The van der Waals surface area contributed by atoms with Gasteiger partial charge in [0, 0.05) is 30.6 Å². The Morgan fingerprint density at radius 1 is 1.25 bits per heavy atom. The Bertz CT molecular complexity index is 1140. The predicted octanol–water partition coefficient (Wildman–Crippen LogP) is 2.95. The second-order valence-corrected chi connectivity index (χ2v) is 8.80. The van der Waals surface area contributed by atoms with Gasteiger partial charge in [0.2, 0.25) is 5.96 Å². The van der Waals surface area contributed by atoms with E-state index in [1.54, 1.807) is 13.1 Å². The fourth-order valence-electron chi connectivity index (χ4n) is 4.35. The first kappa shape index (κ1) is 21.7. The topological polar surface area (TPSA) is 115 Å². The van der Waals surface area contributed by atoms with Crippen molar-refractivity contribution < 1.29 is 4.79 Å². The minimum atomic E-state index is -0.145. The second-order valence-electron chi connectivity index (χ2n) is 8.01. The van der Waals surface area contributed by atoms with Gasteiger partial charge in [-0.3, -0.25) is 15.1 Å². The summed E-state index contributed by atoms with van der Waals surface area (Å²) in [6.45, 7) is 0.557. The molecule has 1 fully saturated rings. The average molecular weight is 448 g/mol. The molecule has 8 nitrogen and oxygen atoms in total. The zero-order valence-corrected chi connectivity index (χ0v) is 18.7. The summed E-state index contributed by atoms with van der Waals surface area (Å²) in [4.78, 5) is 17.0. The van der Waals surface area contributed by atoms with Gasteiger partial charge in [0.1, 0.15) is 5.52 Å². The lowest BCUT2D eigenvalue weighted by Gasteiger charge is -2.41. The Morgan fingerprint density at radius 3 is 2.75 bits per heavy atom. The summed E-state index contributed by atoms with van der Waals surface area (Å²) in [5, 5.41) is 22.0. The molecule has 0 bridgehead atoms. The fraction of sp³-hybridized carbons (Fsp3) is 0.348. The molecule has 164 valence electrons. The first-order chi connectivity index (χ1) is 15.6. The summed E-state index contributed by atoms with van der Waals surface area (Å²) in [5.74, 6) is 0.388. The molecule has 0 aliphatic heterocycles. The number of hydrogen-bond acceptors (Lipinski definition) is 6. The predicted molar refractivity (Wildman–Crippen MR) is 125 cm³/mol. The molecule has 9 heteroatoms. The van der Waals surface area contributed by atoms with E-state index in [1.807, 2.05) is 36.5 Å². The minimum Gasteiger partial charge on any atom is -0.353 e. The monoisotopic (exact) mass is 447 g/mol. The molecular formula is C23H25N7OS. The van der Waals surface area contributed by atoms with Crippen molar-refractivity contribution in [3.63, 3.8) is 0 Å². The molecule has 0 saturated heterocycles. The first-order valence-corrected chi connectivity index (χ1v) is 11.4. The van der Waals surface area contributed by atoms with Crippen molar-refractivity contribution in [2.75, 3.05) is 13.6 Å². The van der Waals surface area contributed by atoms with Gasteiger partial charge in [-0.15, -0.1) is 5.10 Å². The summed E-state index contributed by atoms with van der Waals surface area (Å²) in [6.07, 6.45) is 5.55. The molecule has 0 unspecified atom stereocenters. The van der Waals surface area contributed by atoms with E-state index in [0.717, 1.165) is 35.9 Å². The molecule has 32 heavy (non-hydrogen) atoms. The average Bonchev–Trinajstić information content (AvgIpc) is 3.32. The van der Waals surface area contributed by atoms with Gasteiger partial charge < -0.3 is 10.6 Å². The number of hydrogen-bond donors (Lipinski definition) is 3. The van der Waals surface area contributed by atoms with E-state index >= 15 is 0 Å². The first-order valence-electron chi connectivity index (χ1n) is 10.6. The van der Waals surface area contributed by atoms with Crippen molar-refractivity contribution in [3.8, 4) is 6.19 Å². The number of fused-ring (bicyclic) bond motifs is 1. The zero-order chi connectivity index (χ0) is 22.4. The number of nitrogens with one attached hydrogen (secondary N) is 3. The summed E-state index contributed by atoms with van der Waals surface area (Å²) >= 11 is 1.32. The number of rotatable bonds is 5. The highest BCUT2D eigenvalue weighted by Crippen LogP contribution is 2.39. The smallest absolute Gasteiger partial charge is 0.251 e. The van der Waals surface area contributed by atoms with Crippen LogP contribution in [0.25, 0.3) is 10.2 Å². The van der Waals surface area contributed by atoms with Crippen molar-refractivity contribution in [2.45, 2.75) is 37.1 Å². The highest BCUT2D eigenvalue weighted by Gasteiger charge is 2.37. The van der Waals surface area contributed by atoms with Crippen LogP contribution in [-0.2, 0) is 5.41 Å². The third-order valence-corrected chi connectivity index (χ3v) is 6.87. The van der Waals surface area contributed by atoms with Crippen molar-refractivity contribution >= 4 is 33.6 Å². The summed E-state index contributed by atoms with van der Waals surface area (Å²) < 4.78 is 4.91. The molecule has 1 aliphatic carbocycles. The van der Waals surface area contributed by atoms with Crippen LogP contribution in [0.5, 0.6) is 0 Å². The van der Waals surface area contributed by atoms with Crippen molar-refractivity contribution in [2.24, 2.45) is 4.99 Å². The molecule has 1 aromatic heterocycles. The zero-order valence-electron chi connectivity index (χ0n) is 17.8. The van der Waals surface area contributed by atoms with E-state index in [0.29, 0.717) is 18.1 Å². The summed E-state index contributed by atoms with van der Waals surface area (Å²) in [5.41, 5.74) is 2.42. The van der Waals surface area contributed by atoms with Crippen LogP contribution in [0.2, 0.25) is 0 Å². The maximum atomic E-state index is 12.9. The number of carbonyl (C=O) groups excluding carboxylic acids is 1. The van der Waals surface area contributed by atoms with Crippen molar-refractivity contribution in [3.05, 3.63) is 59.7 Å². The molecular weight excluding hydrogens is 422 g/mol. The number of aromatic nitrogens is 2. The Hall–Kier alpha value is -3.51. The molecule has 0 radical (unpaired) electrons. The van der Waals surface area contributed by atoms with E-state index in [9.17, 15) is 4.79 Å². The standard InChI is InChI=1S/C23H25N7OS/c1-25-22(27-15-24)28-18-9-11-23(12-10-18,17-5-3-2-4-6-17)14-26-21(31)16-7-8-20-19(13-16)29-30-32-20/h2-8,13,18H,9-12,14H2,1H3,(H,26,31)(H2,25,27,28). The van der Waals surface area contributed by atoms with E-state index < -0.39 is 0 Å². The molecule has 1 aliphatic rings. The van der Waals surface area contributed by atoms with E-state index in [4.69, 9.17) is 5.26 Å². The lowest BCUT2D eigenvalue weighted by atomic mass is 9.68. The van der Waals surface area contributed by atoms with Crippen LogP contribution in [-0.4, -0.2) is 41.1 Å². The molecule has 1 heterocycles. The van der Waals surface area contributed by atoms with Crippen LogP contribution >= 0.6 is 11.5 Å². The second kappa shape index (κ2) is 9.75. The largest absolute Gasteiger partial charge is 0.353 e. The van der Waals surface area contributed by atoms with Gasteiger partial charge in [-0.25, -0.2) is 0 Å². The summed E-state index contributed by atoms with van der Waals surface area (Å²) in [7, 11) is 1.65. The number of carbonyl (C=O) groups is 1. The third-order valence-electron chi connectivity index (χ3n) is 6.16. The maximum Gasteiger partial charge on any atom is 0.251 e. The van der Waals surface area contributed by atoms with Gasteiger partial charge in [-0.2, -0.15) is 5.26 Å². The van der Waals surface area contributed by atoms with Crippen LogP contribution in [0.3, 0.4) is 0 Å². The van der Waals surface area contributed by atoms with Crippen LogP contribution in [0.4, 0.5) is 0 Å². The molecule has 3 aromatic rings. The van der Waals surface area contributed by atoms with Crippen molar-refractivity contribution in [1.82, 2.24) is 25.5 Å². The van der Waals surface area contributed by atoms with E-state index in [1.165, 1.54) is 17.1 Å². The van der Waals surface area contributed by atoms with E-state index in [2.05, 4.69) is 42.7 Å². The molecule has 1 amide bonds. The van der Waals surface area contributed by atoms with Crippen LogP contribution in [0, 0.1) is 11.5 Å². The van der Waals surface area contributed by atoms with Gasteiger partial charge in [0.15, 0.2) is 6.19 Å². The van der Waals surface area contributed by atoms with Crippen LogP contribution in [0.15, 0.2) is 53.5 Å². The molecule has 3 N–H and O–H groups in total. The lowest BCUT2D eigenvalue weighted by molar-refractivity contribution is 0.0935. The number of aliphatic imine (C=N–C) groups is 1. The Balaban J connectivity index is 1.47. The Morgan fingerprint density at radius 2 is 2.03 bits per heavy atom. The lowest BCUT2D eigenvalue weighted by Crippen LogP contribution is -2.49. The Kier molecular flexibility index (Phi) is 6.61. The molecule has 0 atom stereocenters. The highest BCUT2D eigenvalue weighted by atomic mass is 32.1. The molecule has 4 rings (SSSR count). The third kappa shape index (κ3) is 4.70. The SMILES string of the molecule is CN=C(NC#N)NC1CCC(CNC(=O)c2ccc3snnc3c2)(c2ccccc2)CC1. The number of guanidine groups is 1. The van der Waals surface area contributed by atoms with Gasteiger partial charge in [-0.1, -0.05) is 34.8 Å². The quantitative estimate of drug-likeness (QED) is 0.240. The van der Waals surface area contributed by atoms with Crippen LogP contribution < -0.4 is 16.0 Å². The number of nitrogens with zero attached hydrogens (tertiary/aromatic N) is 4. The van der Waals surface area contributed by atoms with Gasteiger partial charge in [0.25, 0.3) is 5.91 Å². The normalized spacial score (nSPS) is 21.0. The van der Waals surface area contributed by atoms with Gasteiger partial charge in [0.05, 0.1) is 4.70 Å². The summed E-state index contributed by atoms with van der Waals surface area (Å²) in [6, 6.07) is 16.1. The maximum absolute atomic E-state index is 12.9. The number of amides is 1. The van der Waals surface area contributed by atoms with E-state index in [-0.39, 0.29) is 17.4 Å². The fourth-order valence-corrected chi connectivity index (χ4v) is 4.89. The number of nitriles is 1. The molecule has 0 spiro atoms. The molecule has 1 saturated carbocycles. The van der Waals surface area contributed by atoms with Crippen LogP contribution in [0.1, 0.15) is 41.6 Å². The van der Waals surface area contributed by atoms with Gasteiger partial charge in [-0.05, 0) is 61.0 Å². The minimum absolute atomic E-state index is 0.103. The number of benzene rings is 2. The molecule has 2 aromatic carbocycles. The van der Waals surface area contributed by atoms with Gasteiger partial charge >= 0.3 is 0 Å².